The standard InChI is InChI=1S/C11H13NO4/c1-8-3-4-9(5-6-11(13)16-2)7-10(8)12(14)15/h3-4,7H,5-6H2,1-2H3. The van der Waals surface area contributed by atoms with Gasteiger partial charge in [-0.1, -0.05) is 12.1 Å². The van der Waals surface area contributed by atoms with Crippen LogP contribution in [0, 0.1) is 17.0 Å². The highest BCUT2D eigenvalue weighted by Crippen LogP contribution is 2.20. The maximum Gasteiger partial charge on any atom is 0.305 e. The molecule has 0 spiro atoms. The molecule has 0 aliphatic heterocycles. The van der Waals surface area contributed by atoms with Crippen molar-refractivity contribution in [2.75, 3.05) is 7.11 Å². The predicted molar refractivity (Wildman–Crippen MR) is 58.2 cm³/mol. The van der Waals surface area contributed by atoms with Gasteiger partial charge < -0.3 is 4.74 Å². The molecule has 1 rings (SSSR count). The number of esters is 1. The van der Waals surface area contributed by atoms with Crippen molar-refractivity contribution in [2.24, 2.45) is 0 Å². The number of aryl methyl sites for hydroxylation is 2. The van der Waals surface area contributed by atoms with Gasteiger partial charge in [0.25, 0.3) is 5.69 Å². The van der Waals surface area contributed by atoms with Crippen molar-refractivity contribution in [2.45, 2.75) is 19.8 Å². The molecule has 0 bridgehead atoms. The number of nitro benzene ring substituents is 1. The van der Waals surface area contributed by atoms with Crippen LogP contribution in [-0.2, 0) is 16.0 Å². The van der Waals surface area contributed by atoms with Crippen molar-refractivity contribution in [1.82, 2.24) is 0 Å². The summed E-state index contributed by atoms with van der Waals surface area (Å²) >= 11 is 0. The summed E-state index contributed by atoms with van der Waals surface area (Å²) in [4.78, 5) is 21.2. The van der Waals surface area contributed by atoms with Crippen LogP contribution in [0.25, 0.3) is 0 Å². The van der Waals surface area contributed by atoms with Gasteiger partial charge in [-0.05, 0) is 18.9 Å². The fourth-order valence-corrected chi connectivity index (χ4v) is 1.36. The number of carbonyl (C=O) groups excluding carboxylic acids is 1. The Hall–Kier alpha value is -1.91. The number of carbonyl (C=O) groups is 1. The lowest BCUT2D eigenvalue weighted by Gasteiger charge is -2.02. The van der Waals surface area contributed by atoms with E-state index in [0.29, 0.717) is 12.0 Å². The highest BCUT2D eigenvalue weighted by molar-refractivity contribution is 5.69. The zero-order chi connectivity index (χ0) is 12.1. The molecular weight excluding hydrogens is 210 g/mol. The van der Waals surface area contributed by atoms with E-state index in [4.69, 9.17) is 0 Å². The van der Waals surface area contributed by atoms with E-state index in [9.17, 15) is 14.9 Å². The van der Waals surface area contributed by atoms with Gasteiger partial charge in [0, 0.05) is 18.1 Å². The van der Waals surface area contributed by atoms with Crippen molar-refractivity contribution in [3.05, 3.63) is 39.4 Å². The number of nitro groups is 1. The van der Waals surface area contributed by atoms with E-state index in [1.54, 1.807) is 19.1 Å². The molecule has 0 aliphatic carbocycles. The maximum absolute atomic E-state index is 10.9. The molecular formula is C11H13NO4. The molecule has 0 radical (unpaired) electrons. The average molecular weight is 223 g/mol. The first-order valence-corrected chi connectivity index (χ1v) is 4.85. The van der Waals surface area contributed by atoms with Gasteiger partial charge in [0.05, 0.1) is 12.0 Å². The summed E-state index contributed by atoms with van der Waals surface area (Å²) in [6, 6.07) is 4.97. The Morgan fingerprint density at radius 1 is 1.50 bits per heavy atom. The first kappa shape index (κ1) is 12.2. The van der Waals surface area contributed by atoms with Crippen LogP contribution in [0.15, 0.2) is 18.2 Å². The molecule has 0 heterocycles. The van der Waals surface area contributed by atoms with Crippen molar-refractivity contribution in [3.8, 4) is 0 Å². The number of hydrogen-bond acceptors (Lipinski definition) is 4. The van der Waals surface area contributed by atoms with Gasteiger partial charge in [0.1, 0.15) is 0 Å². The van der Waals surface area contributed by atoms with Crippen LogP contribution in [-0.4, -0.2) is 18.0 Å². The van der Waals surface area contributed by atoms with E-state index in [1.807, 2.05) is 0 Å². The second-order valence-electron chi connectivity index (χ2n) is 3.45. The normalized spacial score (nSPS) is 9.88. The van der Waals surface area contributed by atoms with Crippen LogP contribution in [0.2, 0.25) is 0 Å². The summed E-state index contributed by atoms with van der Waals surface area (Å²) in [6.07, 6.45) is 0.685. The van der Waals surface area contributed by atoms with Gasteiger partial charge in [-0.3, -0.25) is 14.9 Å². The number of nitrogens with zero attached hydrogens (tertiary/aromatic N) is 1. The van der Waals surface area contributed by atoms with E-state index in [0.717, 1.165) is 5.56 Å². The third kappa shape index (κ3) is 3.05. The first-order chi connectivity index (χ1) is 7.54. The van der Waals surface area contributed by atoms with Crippen molar-refractivity contribution >= 4 is 11.7 Å². The fraction of sp³-hybridized carbons (Fsp3) is 0.364. The van der Waals surface area contributed by atoms with Crippen LogP contribution in [0.5, 0.6) is 0 Å². The predicted octanol–water partition coefficient (Wildman–Crippen LogP) is 2.01. The molecule has 16 heavy (non-hydrogen) atoms. The molecule has 86 valence electrons. The lowest BCUT2D eigenvalue weighted by atomic mass is 10.1. The van der Waals surface area contributed by atoms with E-state index in [2.05, 4.69) is 4.74 Å². The molecule has 0 atom stereocenters. The molecule has 0 unspecified atom stereocenters. The second-order valence-corrected chi connectivity index (χ2v) is 3.45. The minimum atomic E-state index is -0.420. The second kappa shape index (κ2) is 5.25. The SMILES string of the molecule is COC(=O)CCc1ccc(C)c([N+](=O)[O-])c1. The average Bonchev–Trinajstić information content (AvgIpc) is 2.27. The Morgan fingerprint density at radius 2 is 2.19 bits per heavy atom. The van der Waals surface area contributed by atoms with Gasteiger partial charge in [0.15, 0.2) is 0 Å². The van der Waals surface area contributed by atoms with Crippen LogP contribution in [0.4, 0.5) is 5.69 Å². The number of hydrogen-bond donors (Lipinski definition) is 0. The summed E-state index contributed by atoms with van der Waals surface area (Å²) in [5.74, 6) is -0.316. The largest absolute Gasteiger partial charge is 0.469 e. The molecule has 0 N–H and O–H groups in total. The molecule has 0 saturated heterocycles. The first-order valence-electron chi connectivity index (χ1n) is 4.85. The van der Waals surface area contributed by atoms with E-state index in [1.165, 1.54) is 13.2 Å². The smallest absolute Gasteiger partial charge is 0.305 e. The van der Waals surface area contributed by atoms with Gasteiger partial charge in [-0.25, -0.2) is 0 Å². The molecule has 0 fully saturated rings. The molecule has 0 aromatic heterocycles. The number of methoxy groups -OCH3 is 1. The topological polar surface area (TPSA) is 69.4 Å². The van der Waals surface area contributed by atoms with E-state index >= 15 is 0 Å². The van der Waals surface area contributed by atoms with E-state index < -0.39 is 4.92 Å². The van der Waals surface area contributed by atoms with Gasteiger partial charge >= 0.3 is 5.97 Å². The molecule has 0 aliphatic rings. The Bertz CT molecular complexity index is 414. The highest BCUT2D eigenvalue weighted by atomic mass is 16.6. The third-order valence-electron chi connectivity index (χ3n) is 2.32. The summed E-state index contributed by atoms with van der Waals surface area (Å²) in [7, 11) is 1.32. The monoisotopic (exact) mass is 223 g/mol. The highest BCUT2D eigenvalue weighted by Gasteiger charge is 2.11. The molecule has 0 amide bonds. The van der Waals surface area contributed by atoms with Gasteiger partial charge in [-0.15, -0.1) is 0 Å². The third-order valence-corrected chi connectivity index (χ3v) is 2.32. The lowest BCUT2D eigenvalue weighted by Crippen LogP contribution is -2.02. The Morgan fingerprint density at radius 3 is 2.75 bits per heavy atom. The summed E-state index contributed by atoms with van der Waals surface area (Å²) in [5.41, 5.74) is 1.47. The van der Waals surface area contributed by atoms with Crippen LogP contribution in [0.1, 0.15) is 17.5 Å². The molecule has 0 saturated carbocycles. The number of ether oxygens (including phenoxy) is 1. The molecule has 1 aromatic rings. The van der Waals surface area contributed by atoms with Crippen LogP contribution >= 0.6 is 0 Å². The summed E-state index contributed by atoms with van der Waals surface area (Å²) in [6.45, 7) is 1.68. The molecule has 5 heteroatoms. The quantitative estimate of drug-likeness (QED) is 0.444. The summed E-state index contributed by atoms with van der Waals surface area (Å²) < 4.78 is 4.50. The van der Waals surface area contributed by atoms with Gasteiger partial charge in [-0.2, -0.15) is 0 Å². The minimum absolute atomic E-state index is 0.0855. The zero-order valence-corrected chi connectivity index (χ0v) is 9.23. The Balaban J connectivity index is 2.79. The maximum atomic E-state index is 10.9. The Labute approximate surface area is 93.2 Å². The number of rotatable bonds is 4. The molecule has 1 aromatic carbocycles. The van der Waals surface area contributed by atoms with Crippen LogP contribution < -0.4 is 0 Å². The summed E-state index contributed by atoms with van der Waals surface area (Å²) in [5, 5.41) is 10.7. The van der Waals surface area contributed by atoms with E-state index in [-0.39, 0.29) is 18.1 Å². The lowest BCUT2D eigenvalue weighted by molar-refractivity contribution is -0.385. The zero-order valence-electron chi connectivity index (χ0n) is 9.23. The Kier molecular flexibility index (Phi) is 3.99. The van der Waals surface area contributed by atoms with Crippen molar-refractivity contribution < 1.29 is 14.5 Å². The fourth-order valence-electron chi connectivity index (χ4n) is 1.36. The van der Waals surface area contributed by atoms with Crippen molar-refractivity contribution in [1.29, 1.82) is 0 Å². The van der Waals surface area contributed by atoms with Gasteiger partial charge in [0.2, 0.25) is 0 Å². The molecule has 5 nitrogen and oxygen atoms in total. The van der Waals surface area contributed by atoms with Crippen molar-refractivity contribution in [3.63, 3.8) is 0 Å². The minimum Gasteiger partial charge on any atom is -0.469 e. The number of benzene rings is 1. The van der Waals surface area contributed by atoms with Crippen LogP contribution in [0.3, 0.4) is 0 Å².